The SMILES string of the molecule is COC[C@H](C)NC(=S)NNC(=O)Cc1nn(C)c(=O)c2ccccc12. The number of aromatic nitrogens is 2. The van der Waals surface area contributed by atoms with Crippen molar-refractivity contribution in [2.75, 3.05) is 13.7 Å². The van der Waals surface area contributed by atoms with Crippen molar-refractivity contribution in [3.05, 3.63) is 40.3 Å². The molecule has 0 radical (unpaired) electrons. The molecule has 1 aromatic carbocycles. The number of carbonyl (C=O) groups is 1. The Kier molecular flexibility index (Phi) is 6.43. The van der Waals surface area contributed by atoms with Crippen LogP contribution in [-0.2, 0) is 23.0 Å². The minimum atomic E-state index is -0.320. The van der Waals surface area contributed by atoms with Crippen LogP contribution in [0, 0.1) is 0 Å². The number of thiocarbonyl (C=S) groups is 1. The smallest absolute Gasteiger partial charge is 0.274 e. The zero-order valence-corrected chi connectivity index (χ0v) is 15.1. The van der Waals surface area contributed by atoms with E-state index in [1.54, 1.807) is 38.4 Å². The molecular formula is C16H21N5O3S. The number of hydrogen-bond donors (Lipinski definition) is 3. The number of hydrogen-bond acceptors (Lipinski definition) is 5. The summed E-state index contributed by atoms with van der Waals surface area (Å²) >= 11 is 5.09. The number of nitrogens with zero attached hydrogens (tertiary/aromatic N) is 2. The molecule has 0 fully saturated rings. The van der Waals surface area contributed by atoms with Gasteiger partial charge in [-0.25, -0.2) is 4.68 Å². The van der Waals surface area contributed by atoms with Gasteiger partial charge in [-0.2, -0.15) is 5.10 Å². The Morgan fingerprint density at radius 3 is 2.68 bits per heavy atom. The lowest BCUT2D eigenvalue weighted by molar-refractivity contribution is -0.121. The second-order valence-electron chi connectivity index (χ2n) is 5.60. The average Bonchev–Trinajstić information content (AvgIpc) is 2.58. The third kappa shape index (κ3) is 4.97. The van der Waals surface area contributed by atoms with Gasteiger partial charge in [0.2, 0.25) is 5.91 Å². The molecule has 0 bridgehead atoms. The molecule has 2 aromatic rings. The van der Waals surface area contributed by atoms with E-state index in [0.29, 0.717) is 23.1 Å². The van der Waals surface area contributed by atoms with Crippen LogP contribution in [0.2, 0.25) is 0 Å². The van der Waals surface area contributed by atoms with E-state index in [2.05, 4.69) is 21.3 Å². The van der Waals surface area contributed by atoms with Gasteiger partial charge in [-0.05, 0) is 25.2 Å². The Morgan fingerprint density at radius 2 is 2.00 bits per heavy atom. The molecule has 0 saturated carbocycles. The van der Waals surface area contributed by atoms with Crippen LogP contribution >= 0.6 is 12.2 Å². The highest BCUT2D eigenvalue weighted by Crippen LogP contribution is 2.13. The summed E-state index contributed by atoms with van der Waals surface area (Å²) in [6.07, 6.45) is 0.0118. The van der Waals surface area contributed by atoms with Gasteiger partial charge in [0.1, 0.15) is 0 Å². The van der Waals surface area contributed by atoms with Crippen molar-refractivity contribution in [1.29, 1.82) is 0 Å². The summed E-state index contributed by atoms with van der Waals surface area (Å²) in [7, 11) is 3.16. The normalized spacial score (nSPS) is 11.8. The van der Waals surface area contributed by atoms with Crippen LogP contribution in [0.4, 0.5) is 0 Å². The molecule has 0 aliphatic carbocycles. The van der Waals surface area contributed by atoms with E-state index in [1.165, 1.54) is 4.68 Å². The molecule has 1 amide bonds. The Hall–Kier alpha value is -2.52. The summed E-state index contributed by atoms with van der Waals surface area (Å²) in [5, 5.41) is 8.64. The minimum absolute atomic E-state index is 0.0103. The number of nitrogens with one attached hydrogen (secondary N) is 3. The largest absolute Gasteiger partial charge is 0.383 e. The third-order valence-electron chi connectivity index (χ3n) is 3.47. The van der Waals surface area contributed by atoms with Crippen LogP contribution in [0.15, 0.2) is 29.1 Å². The molecule has 0 aliphatic heterocycles. The molecule has 8 nitrogen and oxygen atoms in total. The first-order valence-electron chi connectivity index (χ1n) is 7.71. The Balaban J connectivity index is 2.02. The highest BCUT2D eigenvalue weighted by Gasteiger charge is 2.12. The molecule has 9 heteroatoms. The lowest BCUT2D eigenvalue weighted by atomic mass is 10.1. The van der Waals surface area contributed by atoms with Crippen molar-refractivity contribution in [2.45, 2.75) is 19.4 Å². The van der Waals surface area contributed by atoms with Crippen LogP contribution < -0.4 is 21.7 Å². The standard InChI is InChI=1S/C16H21N5O3S/c1-10(9-24-3)17-16(25)19-18-14(22)8-13-11-6-4-5-7-12(11)15(23)21(2)20-13/h4-7,10H,8-9H2,1-3H3,(H,18,22)(H2,17,19,25)/t10-/m0/s1. The van der Waals surface area contributed by atoms with Gasteiger partial charge in [-0.1, -0.05) is 18.2 Å². The van der Waals surface area contributed by atoms with Gasteiger partial charge in [0, 0.05) is 25.6 Å². The van der Waals surface area contributed by atoms with Crippen LogP contribution in [0.1, 0.15) is 12.6 Å². The molecule has 2 rings (SSSR count). The maximum Gasteiger partial charge on any atom is 0.274 e. The van der Waals surface area contributed by atoms with Gasteiger partial charge >= 0.3 is 0 Å². The predicted octanol–water partition coefficient (Wildman–Crippen LogP) is 0.00620. The summed E-state index contributed by atoms with van der Waals surface area (Å²) in [5.41, 5.74) is 5.47. The number of hydrazine groups is 1. The first-order chi connectivity index (χ1) is 11.9. The van der Waals surface area contributed by atoms with Gasteiger partial charge in [0.25, 0.3) is 5.56 Å². The fourth-order valence-electron chi connectivity index (χ4n) is 2.38. The van der Waals surface area contributed by atoms with Crippen molar-refractivity contribution in [1.82, 2.24) is 25.9 Å². The molecule has 1 aromatic heterocycles. The number of fused-ring (bicyclic) bond motifs is 1. The number of benzene rings is 1. The van der Waals surface area contributed by atoms with Gasteiger partial charge < -0.3 is 10.1 Å². The molecule has 0 aliphatic rings. The zero-order valence-electron chi connectivity index (χ0n) is 14.3. The molecular weight excluding hydrogens is 342 g/mol. The second kappa shape index (κ2) is 8.54. The van der Waals surface area contributed by atoms with Crippen LogP contribution in [0.3, 0.4) is 0 Å². The van der Waals surface area contributed by atoms with Gasteiger partial charge in [-0.3, -0.25) is 20.4 Å². The molecule has 0 spiro atoms. The molecule has 25 heavy (non-hydrogen) atoms. The quantitative estimate of drug-likeness (QED) is 0.508. The Labute approximate surface area is 150 Å². The molecule has 134 valence electrons. The van der Waals surface area contributed by atoms with Crippen molar-refractivity contribution in [3.8, 4) is 0 Å². The first kappa shape index (κ1) is 18.8. The lowest BCUT2D eigenvalue weighted by Crippen LogP contribution is -2.50. The maximum atomic E-state index is 12.2. The molecule has 0 unspecified atom stereocenters. The van der Waals surface area contributed by atoms with Crippen molar-refractivity contribution in [3.63, 3.8) is 0 Å². The Morgan fingerprint density at radius 1 is 1.32 bits per heavy atom. The average molecular weight is 363 g/mol. The van der Waals surface area contributed by atoms with Crippen LogP contribution in [-0.4, -0.2) is 40.6 Å². The number of rotatable bonds is 5. The lowest BCUT2D eigenvalue weighted by Gasteiger charge is -2.16. The minimum Gasteiger partial charge on any atom is -0.383 e. The van der Waals surface area contributed by atoms with E-state index in [4.69, 9.17) is 17.0 Å². The third-order valence-corrected chi connectivity index (χ3v) is 3.69. The summed E-state index contributed by atoms with van der Waals surface area (Å²) in [6, 6.07) is 7.09. The topological polar surface area (TPSA) is 97.3 Å². The zero-order chi connectivity index (χ0) is 18.4. The monoisotopic (exact) mass is 363 g/mol. The van der Waals surface area contributed by atoms with Gasteiger partial charge in [0.05, 0.1) is 24.1 Å². The molecule has 1 heterocycles. The fourth-order valence-corrected chi connectivity index (χ4v) is 2.63. The van der Waals surface area contributed by atoms with Gasteiger partial charge in [-0.15, -0.1) is 0 Å². The molecule has 0 saturated heterocycles. The molecule has 1 atom stereocenters. The number of ether oxygens (including phenoxy) is 1. The Bertz CT molecular complexity index is 836. The highest BCUT2D eigenvalue weighted by atomic mass is 32.1. The number of amides is 1. The van der Waals surface area contributed by atoms with Gasteiger partial charge in [0.15, 0.2) is 5.11 Å². The van der Waals surface area contributed by atoms with Crippen molar-refractivity contribution >= 4 is 34.0 Å². The highest BCUT2D eigenvalue weighted by molar-refractivity contribution is 7.80. The fraction of sp³-hybridized carbons (Fsp3) is 0.375. The van der Waals surface area contributed by atoms with Crippen LogP contribution in [0.5, 0.6) is 0 Å². The summed E-state index contributed by atoms with van der Waals surface area (Å²) in [5.74, 6) is -0.320. The van der Waals surface area contributed by atoms with E-state index >= 15 is 0 Å². The van der Waals surface area contributed by atoms with Crippen molar-refractivity contribution in [2.24, 2.45) is 7.05 Å². The van der Waals surface area contributed by atoms with Crippen molar-refractivity contribution < 1.29 is 9.53 Å². The van der Waals surface area contributed by atoms with E-state index in [-0.39, 0.29) is 29.0 Å². The predicted molar refractivity (Wildman–Crippen MR) is 99.0 cm³/mol. The maximum absolute atomic E-state index is 12.2. The summed E-state index contributed by atoms with van der Waals surface area (Å²) < 4.78 is 6.23. The number of methoxy groups -OCH3 is 1. The second-order valence-corrected chi connectivity index (χ2v) is 6.01. The summed E-state index contributed by atoms with van der Waals surface area (Å²) in [4.78, 5) is 24.2. The number of carbonyl (C=O) groups excluding carboxylic acids is 1. The van der Waals surface area contributed by atoms with E-state index in [9.17, 15) is 9.59 Å². The van der Waals surface area contributed by atoms with E-state index in [0.717, 1.165) is 0 Å². The van der Waals surface area contributed by atoms with Crippen LogP contribution in [0.25, 0.3) is 10.8 Å². The first-order valence-corrected chi connectivity index (χ1v) is 8.12. The van der Waals surface area contributed by atoms with E-state index < -0.39 is 0 Å². The summed E-state index contributed by atoms with van der Waals surface area (Å²) in [6.45, 7) is 2.39. The molecule has 3 N–H and O–H groups in total. The number of aryl methyl sites for hydroxylation is 1. The van der Waals surface area contributed by atoms with E-state index in [1.807, 2.05) is 6.92 Å².